The maximum absolute atomic E-state index is 13.9. The molecule has 4 atom stereocenters. The van der Waals surface area contributed by atoms with Crippen molar-refractivity contribution in [3.05, 3.63) is 188 Å². The van der Waals surface area contributed by atoms with E-state index in [9.17, 15) is 24.0 Å². The average Bonchev–Trinajstić information content (AvgIpc) is 3.56. The molecule has 56 heavy (non-hydrogen) atoms. The number of benzene rings is 5. The van der Waals surface area contributed by atoms with Gasteiger partial charge in [-0.25, -0.2) is 14.4 Å². The zero-order chi connectivity index (χ0) is 39.2. The topological polar surface area (TPSA) is 139 Å². The third kappa shape index (κ3) is 8.50. The fraction of sp³-hybridized carbons (Fsp3) is 0.140. The van der Waals surface area contributed by atoms with Crippen LogP contribution >= 0.6 is 23.2 Å². The molecular weight excluding hydrogens is 759 g/mol. The highest BCUT2D eigenvalue weighted by Gasteiger charge is 2.51. The zero-order valence-electron chi connectivity index (χ0n) is 29.4. The molecule has 7 rings (SSSR count). The minimum atomic E-state index is -1.41. The number of carbonyl (C=O) groups is 4. The highest BCUT2D eigenvalue weighted by molar-refractivity contribution is 6.31. The molecular formula is C43H32Cl2N2O9. The van der Waals surface area contributed by atoms with Crippen LogP contribution in [0.4, 0.5) is 0 Å². The van der Waals surface area contributed by atoms with E-state index in [2.05, 4.69) is 5.32 Å². The van der Waals surface area contributed by atoms with Crippen molar-refractivity contribution in [3.63, 3.8) is 0 Å². The molecule has 13 heteroatoms. The highest BCUT2D eigenvalue weighted by atomic mass is 35.5. The van der Waals surface area contributed by atoms with Gasteiger partial charge in [0.25, 0.3) is 5.91 Å². The number of fused-ring (bicyclic) bond motifs is 1. The Kier molecular flexibility index (Phi) is 11.6. The quantitative estimate of drug-likeness (QED) is 0.105. The Labute approximate surface area is 330 Å². The van der Waals surface area contributed by atoms with Crippen LogP contribution in [0.3, 0.4) is 0 Å². The van der Waals surface area contributed by atoms with Crippen molar-refractivity contribution in [2.24, 2.45) is 0 Å². The summed E-state index contributed by atoms with van der Waals surface area (Å²) in [6, 6.07) is 35.9. The number of ether oxygens (including phenoxy) is 4. The Bertz CT molecular complexity index is 2440. The first-order chi connectivity index (χ1) is 27.2. The summed E-state index contributed by atoms with van der Waals surface area (Å²) in [5.74, 6) is -2.93. The summed E-state index contributed by atoms with van der Waals surface area (Å²) in [6.07, 6.45) is -4.05. The highest BCUT2D eigenvalue weighted by Crippen LogP contribution is 2.37. The normalized spacial score (nSPS) is 17.5. The van der Waals surface area contributed by atoms with Gasteiger partial charge in [-0.2, -0.15) is 0 Å². The van der Waals surface area contributed by atoms with E-state index in [0.717, 1.165) is 5.56 Å². The molecule has 0 aliphatic carbocycles. The Morgan fingerprint density at radius 2 is 1.20 bits per heavy atom. The number of halogens is 2. The number of nitrogens with zero attached hydrogens (tertiary/aromatic N) is 1. The van der Waals surface area contributed by atoms with Gasteiger partial charge < -0.3 is 28.8 Å². The van der Waals surface area contributed by atoms with Crippen molar-refractivity contribution < 1.29 is 38.1 Å². The van der Waals surface area contributed by atoms with Crippen LogP contribution in [0.1, 0.15) is 53.2 Å². The molecule has 1 aromatic heterocycles. The number of aromatic nitrogens is 1. The number of nitrogens with one attached hydrogen (secondary N) is 1. The first kappa shape index (κ1) is 38.0. The molecule has 1 aliphatic rings. The molecule has 0 unspecified atom stereocenters. The fourth-order valence-electron chi connectivity index (χ4n) is 6.26. The van der Waals surface area contributed by atoms with Crippen molar-refractivity contribution in [1.29, 1.82) is 0 Å². The number of hydrogen-bond donors (Lipinski definition) is 1. The van der Waals surface area contributed by atoms with Gasteiger partial charge in [-0.15, -0.1) is 0 Å². The van der Waals surface area contributed by atoms with Gasteiger partial charge in [-0.1, -0.05) is 89.9 Å². The monoisotopic (exact) mass is 790 g/mol. The molecule has 1 aliphatic heterocycles. The molecule has 1 saturated heterocycles. The third-order valence-corrected chi connectivity index (χ3v) is 9.55. The summed E-state index contributed by atoms with van der Waals surface area (Å²) >= 11 is 12.4. The van der Waals surface area contributed by atoms with E-state index < -0.39 is 60.4 Å². The van der Waals surface area contributed by atoms with Gasteiger partial charge in [0.1, 0.15) is 18.3 Å². The lowest BCUT2D eigenvalue weighted by Crippen LogP contribution is -2.41. The van der Waals surface area contributed by atoms with Gasteiger partial charge in [-0.3, -0.25) is 9.59 Å². The van der Waals surface area contributed by atoms with E-state index in [-0.39, 0.29) is 44.7 Å². The predicted octanol–water partition coefficient (Wildman–Crippen LogP) is 7.44. The SMILES string of the molecule is O=C(OC[C@H]1O[C@@H](n2cc(C(=O)NCc3ccc(Cl)cc3)c(=O)c3cc(Cl)ccc32)[C@H](OC(=O)c2ccccc2)[C@@H]1OC(=O)c1ccccc1)c1ccccc1. The molecule has 11 nitrogen and oxygen atoms in total. The van der Waals surface area contributed by atoms with Crippen LogP contribution in [0.2, 0.25) is 10.0 Å². The largest absolute Gasteiger partial charge is 0.459 e. The van der Waals surface area contributed by atoms with Gasteiger partial charge >= 0.3 is 17.9 Å². The summed E-state index contributed by atoms with van der Waals surface area (Å²) in [4.78, 5) is 68.2. The molecule has 0 bridgehead atoms. The van der Waals surface area contributed by atoms with Crippen LogP contribution in [0.5, 0.6) is 0 Å². The standard InChI is InChI=1S/C43H32Cl2N2O9/c44-30-18-16-26(17-19-30)23-46-39(49)33-24-47(34-21-20-31(45)22-32(34)36(33)48)40-38(56-43(52)29-14-8-3-9-15-29)37(55-42(51)28-12-6-2-7-13-28)35(54-40)25-53-41(50)27-10-4-1-5-11-27/h1-22,24,35,37-38,40H,23,25H2,(H,46,49)/t35-,37-,38-,40-/m1/s1. The van der Waals surface area contributed by atoms with Crippen LogP contribution in [0, 0.1) is 0 Å². The van der Waals surface area contributed by atoms with Crippen molar-refractivity contribution in [2.45, 2.75) is 31.1 Å². The van der Waals surface area contributed by atoms with E-state index in [1.807, 2.05) is 0 Å². The molecule has 0 spiro atoms. The van der Waals surface area contributed by atoms with E-state index in [1.165, 1.54) is 16.8 Å². The predicted molar refractivity (Wildman–Crippen MR) is 208 cm³/mol. The second-order valence-electron chi connectivity index (χ2n) is 12.8. The van der Waals surface area contributed by atoms with Gasteiger partial charge in [0.05, 0.1) is 22.2 Å². The Balaban J connectivity index is 1.32. The number of hydrogen-bond acceptors (Lipinski definition) is 9. The van der Waals surface area contributed by atoms with Crippen molar-refractivity contribution in [3.8, 4) is 0 Å². The second kappa shape index (κ2) is 17.0. The number of esters is 3. The van der Waals surface area contributed by atoms with Crippen LogP contribution in [-0.4, -0.2) is 53.3 Å². The van der Waals surface area contributed by atoms with Gasteiger partial charge in [0.2, 0.25) is 5.43 Å². The summed E-state index contributed by atoms with van der Waals surface area (Å²) in [6.45, 7) is -0.360. The molecule has 282 valence electrons. The first-order valence-electron chi connectivity index (χ1n) is 17.4. The second-order valence-corrected chi connectivity index (χ2v) is 13.6. The minimum absolute atomic E-state index is 0.0603. The molecule has 0 radical (unpaired) electrons. The first-order valence-corrected chi connectivity index (χ1v) is 18.2. The average molecular weight is 792 g/mol. The number of rotatable bonds is 11. The molecule has 0 saturated carbocycles. The van der Waals surface area contributed by atoms with Crippen molar-refractivity contribution in [2.75, 3.05) is 6.61 Å². The van der Waals surface area contributed by atoms with E-state index >= 15 is 0 Å². The molecule has 1 fully saturated rings. The third-order valence-electron chi connectivity index (χ3n) is 9.06. The summed E-state index contributed by atoms with van der Waals surface area (Å²) in [5.41, 5.74) is 0.754. The Morgan fingerprint density at radius 1 is 0.661 bits per heavy atom. The van der Waals surface area contributed by atoms with E-state index in [1.54, 1.807) is 127 Å². The lowest BCUT2D eigenvalue weighted by atomic mass is 10.1. The summed E-state index contributed by atoms with van der Waals surface area (Å²) in [7, 11) is 0. The molecule has 1 amide bonds. The summed E-state index contributed by atoms with van der Waals surface area (Å²) in [5, 5.41) is 3.57. The molecule has 1 N–H and O–H groups in total. The maximum atomic E-state index is 13.9. The van der Waals surface area contributed by atoms with Crippen LogP contribution < -0.4 is 10.7 Å². The molecule has 6 aromatic rings. The minimum Gasteiger partial charge on any atom is -0.459 e. The van der Waals surface area contributed by atoms with E-state index in [4.69, 9.17) is 42.1 Å². The summed E-state index contributed by atoms with van der Waals surface area (Å²) < 4.78 is 25.9. The van der Waals surface area contributed by atoms with Gasteiger partial charge in [0.15, 0.2) is 18.4 Å². The fourth-order valence-corrected chi connectivity index (χ4v) is 6.56. The van der Waals surface area contributed by atoms with Crippen molar-refractivity contribution >= 4 is 57.9 Å². The molecule has 5 aromatic carbocycles. The van der Waals surface area contributed by atoms with Crippen LogP contribution in [-0.2, 0) is 25.5 Å². The lowest BCUT2D eigenvalue weighted by Gasteiger charge is -2.26. The van der Waals surface area contributed by atoms with Crippen LogP contribution in [0.25, 0.3) is 10.9 Å². The smallest absolute Gasteiger partial charge is 0.338 e. The van der Waals surface area contributed by atoms with Crippen molar-refractivity contribution in [1.82, 2.24) is 9.88 Å². The maximum Gasteiger partial charge on any atom is 0.338 e. The van der Waals surface area contributed by atoms with E-state index in [0.29, 0.717) is 5.02 Å². The number of pyridine rings is 1. The molecule has 2 heterocycles. The number of carbonyl (C=O) groups excluding carboxylic acids is 4. The van der Waals surface area contributed by atoms with Gasteiger partial charge in [-0.05, 0) is 72.3 Å². The number of amides is 1. The van der Waals surface area contributed by atoms with Gasteiger partial charge in [0, 0.05) is 28.2 Å². The lowest BCUT2D eigenvalue weighted by molar-refractivity contribution is -0.0605. The van der Waals surface area contributed by atoms with Crippen LogP contribution in [0.15, 0.2) is 144 Å². The Morgan fingerprint density at radius 3 is 1.79 bits per heavy atom. The Hall–Kier alpha value is -6.27. The zero-order valence-corrected chi connectivity index (χ0v) is 30.9.